The lowest BCUT2D eigenvalue weighted by atomic mass is 10.00. The van der Waals surface area contributed by atoms with Gasteiger partial charge >= 0.3 is 0 Å². The van der Waals surface area contributed by atoms with Crippen LogP contribution in [0.5, 0.6) is 5.88 Å². The molecule has 0 bridgehead atoms. The van der Waals surface area contributed by atoms with Crippen molar-refractivity contribution in [2.45, 2.75) is 13.5 Å². The number of pyridine rings is 1. The Morgan fingerprint density at radius 3 is 2.48 bits per heavy atom. The molecule has 0 saturated heterocycles. The molecule has 0 aliphatic carbocycles. The highest BCUT2D eigenvalue weighted by Gasteiger charge is 2.20. The number of hydrogen-bond donors (Lipinski definition) is 1. The van der Waals surface area contributed by atoms with Gasteiger partial charge in [0.2, 0.25) is 5.88 Å². The molecular weight excluding hydrogens is 395 g/mol. The minimum absolute atomic E-state index is 0.121. The van der Waals surface area contributed by atoms with Crippen molar-refractivity contribution in [2.75, 3.05) is 0 Å². The predicted molar refractivity (Wildman–Crippen MR) is 116 cm³/mol. The monoisotopic (exact) mass is 416 g/mol. The first-order valence-electron chi connectivity index (χ1n) is 9.87. The molecule has 0 aliphatic heterocycles. The number of hydrogen-bond acceptors (Lipinski definition) is 4. The van der Waals surface area contributed by atoms with Crippen LogP contribution in [0.2, 0.25) is 0 Å². The van der Waals surface area contributed by atoms with E-state index in [0.717, 1.165) is 28.1 Å². The Morgan fingerprint density at radius 1 is 1.00 bits per heavy atom. The fraction of sp³-hybridized carbons (Fsp3) is 0.174. The average Bonchev–Trinajstić information content (AvgIpc) is 3.38. The van der Waals surface area contributed by atoms with E-state index >= 15 is 0 Å². The molecule has 4 aromatic heterocycles. The zero-order valence-electron chi connectivity index (χ0n) is 17.4. The van der Waals surface area contributed by atoms with Gasteiger partial charge in [0.05, 0.1) is 23.1 Å². The van der Waals surface area contributed by atoms with Gasteiger partial charge in [-0.1, -0.05) is 0 Å². The van der Waals surface area contributed by atoms with E-state index in [0.29, 0.717) is 23.1 Å². The molecule has 1 N–H and O–H groups in total. The summed E-state index contributed by atoms with van der Waals surface area (Å²) >= 11 is 0. The summed E-state index contributed by atoms with van der Waals surface area (Å²) < 4.78 is 18.7. The third kappa shape index (κ3) is 3.26. The van der Waals surface area contributed by atoms with Crippen LogP contribution >= 0.6 is 0 Å². The number of benzene rings is 1. The third-order valence-electron chi connectivity index (χ3n) is 5.49. The van der Waals surface area contributed by atoms with Crippen molar-refractivity contribution in [1.82, 2.24) is 29.1 Å². The lowest BCUT2D eigenvalue weighted by Gasteiger charge is -2.06. The van der Waals surface area contributed by atoms with Crippen molar-refractivity contribution in [3.05, 3.63) is 72.2 Å². The van der Waals surface area contributed by atoms with Crippen LogP contribution in [0.4, 0.5) is 4.39 Å². The largest absolute Gasteiger partial charge is 0.494 e. The average molecular weight is 416 g/mol. The summed E-state index contributed by atoms with van der Waals surface area (Å²) in [4.78, 5) is 4.45. The number of rotatable bonds is 4. The van der Waals surface area contributed by atoms with Crippen molar-refractivity contribution in [3.63, 3.8) is 0 Å². The number of aromatic hydroxyl groups is 1. The normalized spacial score (nSPS) is 11.5. The summed E-state index contributed by atoms with van der Waals surface area (Å²) in [5.41, 5.74) is 5.73. The molecule has 156 valence electrons. The van der Waals surface area contributed by atoms with E-state index in [1.807, 2.05) is 50.2 Å². The molecule has 0 radical (unpaired) electrons. The minimum atomic E-state index is -0.299. The van der Waals surface area contributed by atoms with Crippen LogP contribution in [0.1, 0.15) is 11.4 Å². The van der Waals surface area contributed by atoms with E-state index in [2.05, 4.69) is 15.2 Å². The summed E-state index contributed by atoms with van der Waals surface area (Å²) in [6, 6.07) is 10.1. The van der Waals surface area contributed by atoms with Gasteiger partial charge in [0, 0.05) is 55.1 Å². The van der Waals surface area contributed by atoms with Gasteiger partial charge in [-0.2, -0.15) is 10.2 Å². The van der Waals surface area contributed by atoms with Gasteiger partial charge in [0.25, 0.3) is 0 Å². The molecule has 0 spiro atoms. The van der Waals surface area contributed by atoms with Gasteiger partial charge in [-0.15, -0.1) is 0 Å². The summed E-state index contributed by atoms with van der Waals surface area (Å²) in [6.45, 7) is 2.42. The standard InChI is InChI=1S/C23H21FN6O/c1-14-10-17(26-29(14)3)11-30-13-20-21(23(30)31)18(8-9-25-20)19-12-28(2)27-22(19)15-4-6-16(24)7-5-15/h4-10,12-13,31H,11H2,1-3H3. The maximum atomic E-state index is 13.4. The molecule has 1 aromatic carbocycles. The first-order chi connectivity index (χ1) is 14.9. The van der Waals surface area contributed by atoms with Crippen molar-refractivity contribution in [1.29, 1.82) is 0 Å². The van der Waals surface area contributed by atoms with E-state index in [4.69, 9.17) is 0 Å². The summed E-state index contributed by atoms with van der Waals surface area (Å²) in [6.07, 6.45) is 5.44. The topological polar surface area (TPSA) is 73.7 Å². The van der Waals surface area contributed by atoms with Crippen LogP contribution in [0.25, 0.3) is 33.3 Å². The second-order valence-electron chi connectivity index (χ2n) is 7.67. The molecule has 0 aliphatic rings. The number of aryl methyl sites for hydroxylation is 3. The van der Waals surface area contributed by atoms with E-state index in [-0.39, 0.29) is 11.7 Å². The van der Waals surface area contributed by atoms with Crippen LogP contribution in [-0.4, -0.2) is 34.2 Å². The quantitative estimate of drug-likeness (QED) is 0.480. The third-order valence-corrected chi connectivity index (χ3v) is 5.49. The van der Waals surface area contributed by atoms with Gasteiger partial charge < -0.3 is 9.67 Å². The van der Waals surface area contributed by atoms with Crippen molar-refractivity contribution < 1.29 is 9.50 Å². The highest BCUT2D eigenvalue weighted by molar-refractivity contribution is 6.01. The van der Waals surface area contributed by atoms with Crippen LogP contribution in [-0.2, 0) is 20.6 Å². The first kappa shape index (κ1) is 19.0. The summed E-state index contributed by atoms with van der Waals surface area (Å²) in [5.74, 6) is -0.178. The van der Waals surface area contributed by atoms with Crippen molar-refractivity contribution in [2.24, 2.45) is 14.1 Å². The Bertz CT molecular complexity index is 1390. The Kier molecular flexibility index (Phi) is 4.35. The molecule has 5 aromatic rings. The molecule has 5 rings (SSSR count). The fourth-order valence-electron chi connectivity index (χ4n) is 3.90. The van der Waals surface area contributed by atoms with E-state index in [1.165, 1.54) is 12.1 Å². The molecule has 0 amide bonds. The van der Waals surface area contributed by atoms with Crippen LogP contribution < -0.4 is 0 Å². The highest BCUT2D eigenvalue weighted by Crippen LogP contribution is 2.39. The maximum absolute atomic E-state index is 13.4. The predicted octanol–water partition coefficient (Wildman–Crippen LogP) is 4.04. The second kappa shape index (κ2) is 7.09. The molecule has 0 atom stereocenters. The minimum Gasteiger partial charge on any atom is -0.494 e. The van der Waals surface area contributed by atoms with E-state index < -0.39 is 0 Å². The molecule has 0 unspecified atom stereocenters. The Labute approximate surface area is 178 Å². The molecule has 4 heterocycles. The van der Waals surface area contributed by atoms with Gasteiger partial charge in [0.15, 0.2) is 0 Å². The molecule has 31 heavy (non-hydrogen) atoms. The smallest absolute Gasteiger partial charge is 0.201 e. The zero-order chi connectivity index (χ0) is 21.7. The van der Waals surface area contributed by atoms with Crippen LogP contribution in [0.3, 0.4) is 0 Å². The molecule has 0 fully saturated rings. The van der Waals surface area contributed by atoms with Crippen LogP contribution in [0, 0.1) is 12.7 Å². The highest BCUT2D eigenvalue weighted by atomic mass is 19.1. The zero-order valence-corrected chi connectivity index (χ0v) is 17.4. The molecule has 0 saturated carbocycles. The van der Waals surface area contributed by atoms with Gasteiger partial charge in [-0.25, -0.2) is 4.39 Å². The van der Waals surface area contributed by atoms with Crippen molar-refractivity contribution in [3.8, 4) is 28.3 Å². The summed E-state index contributed by atoms with van der Waals surface area (Å²) in [5, 5.41) is 20.8. The summed E-state index contributed by atoms with van der Waals surface area (Å²) in [7, 11) is 3.73. The first-order valence-corrected chi connectivity index (χ1v) is 9.87. The van der Waals surface area contributed by atoms with Gasteiger partial charge in [-0.05, 0) is 43.3 Å². The Hall–Kier alpha value is -3.94. The lowest BCUT2D eigenvalue weighted by molar-refractivity contribution is 0.429. The van der Waals surface area contributed by atoms with Gasteiger partial charge in [0.1, 0.15) is 11.5 Å². The van der Waals surface area contributed by atoms with Crippen molar-refractivity contribution >= 4 is 10.9 Å². The lowest BCUT2D eigenvalue weighted by Crippen LogP contribution is -1.99. The fourth-order valence-corrected chi connectivity index (χ4v) is 3.90. The number of halogens is 1. The number of fused-ring (bicyclic) bond motifs is 1. The SMILES string of the molecule is Cc1cc(Cn2cc3nccc(-c4cn(C)nc4-c4ccc(F)cc4)c3c2O)nn1C. The molecular formula is C23H21FN6O. The van der Waals surface area contributed by atoms with Crippen LogP contribution in [0.15, 0.2) is 55.0 Å². The molecule has 7 nitrogen and oxygen atoms in total. The second-order valence-corrected chi connectivity index (χ2v) is 7.67. The number of aromatic nitrogens is 6. The van der Waals surface area contributed by atoms with Gasteiger partial charge in [-0.3, -0.25) is 14.3 Å². The Morgan fingerprint density at radius 2 is 1.77 bits per heavy atom. The number of nitrogens with zero attached hydrogens (tertiary/aromatic N) is 6. The molecule has 8 heteroatoms. The van der Waals surface area contributed by atoms with E-state index in [1.54, 1.807) is 27.6 Å². The van der Waals surface area contributed by atoms with E-state index in [9.17, 15) is 9.50 Å². The Balaban J connectivity index is 1.65. The maximum Gasteiger partial charge on any atom is 0.201 e.